The maximum atomic E-state index is 13.6. The van der Waals surface area contributed by atoms with Gasteiger partial charge in [0.25, 0.3) is 5.91 Å². The van der Waals surface area contributed by atoms with E-state index in [1.165, 1.54) is 31.4 Å². The molecule has 2 aliphatic rings. The number of rotatable bonds is 5. The van der Waals surface area contributed by atoms with E-state index in [4.69, 9.17) is 0 Å². The second-order valence-corrected chi connectivity index (χ2v) is 6.87. The van der Waals surface area contributed by atoms with Crippen molar-refractivity contribution in [3.8, 4) is 0 Å². The standard InChI is InChI=1S/C19H21FN2O/c20-14-6-7-17-15(10-14)16(11-18(22-17)13-4-5-13)19(23)21-9-8-12-2-1-3-12/h6-7,10-13H,1-5,8-9H2,(H,21,23). The van der Waals surface area contributed by atoms with Crippen LogP contribution in [0.5, 0.6) is 0 Å². The van der Waals surface area contributed by atoms with Gasteiger partial charge in [0.05, 0.1) is 11.1 Å². The highest BCUT2D eigenvalue weighted by atomic mass is 19.1. The quantitative estimate of drug-likeness (QED) is 0.900. The minimum atomic E-state index is -0.331. The number of carbonyl (C=O) groups excluding carboxylic acids is 1. The summed E-state index contributed by atoms with van der Waals surface area (Å²) in [4.78, 5) is 17.2. The van der Waals surface area contributed by atoms with Crippen molar-refractivity contribution in [2.75, 3.05) is 6.54 Å². The van der Waals surface area contributed by atoms with Crippen LogP contribution in [0, 0.1) is 11.7 Å². The Morgan fingerprint density at radius 1 is 1.22 bits per heavy atom. The van der Waals surface area contributed by atoms with Gasteiger partial charge in [0.2, 0.25) is 0 Å². The lowest BCUT2D eigenvalue weighted by atomic mass is 9.83. The van der Waals surface area contributed by atoms with Crippen LogP contribution in [0.4, 0.5) is 4.39 Å². The third kappa shape index (κ3) is 3.07. The molecule has 2 fully saturated rings. The SMILES string of the molecule is O=C(NCCC1CCC1)c1cc(C2CC2)nc2ccc(F)cc12. The molecule has 1 N–H and O–H groups in total. The van der Waals surface area contributed by atoms with Crippen LogP contribution < -0.4 is 5.32 Å². The Balaban J connectivity index is 1.60. The number of hydrogen-bond acceptors (Lipinski definition) is 2. The fraction of sp³-hybridized carbons (Fsp3) is 0.474. The molecule has 0 unspecified atom stereocenters. The summed E-state index contributed by atoms with van der Waals surface area (Å²) in [6, 6.07) is 6.35. The van der Waals surface area contributed by atoms with Crippen molar-refractivity contribution in [2.45, 2.75) is 44.4 Å². The molecule has 1 aromatic carbocycles. The molecule has 2 aliphatic carbocycles. The molecule has 0 bridgehead atoms. The van der Waals surface area contributed by atoms with Crippen molar-refractivity contribution in [1.82, 2.24) is 10.3 Å². The average molecular weight is 312 g/mol. The molecule has 1 aromatic heterocycles. The van der Waals surface area contributed by atoms with Gasteiger partial charge in [-0.15, -0.1) is 0 Å². The molecular formula is C19H21FN2O. The first kappa shape index (κ1) is 14.6. The number of halogens is 1. The minimum absolute atomic E-state index is 0.107. The van der Waals surface area contributed by atoms with Crippen LogP contribution in [0.15, 0.2) is 24.3 Å². The van der Waals surface area contributed by atoms with Crippen LogP contribution in [0.2, 0.25) is 0 Å². The summed E-state index contributed by atoms with van der Waals surface area (Å²) in [5.41, 5.74) is 2.23. The van der Waals surface area contributed by atoms with Gasteiger partial charge in [-0.3, -0.25) is 9.78 Å². The molecule has 1 heterocycles. The molecule has 3 nitrogen and oxygen atoms in total. The van der Waals surface area contributed by atoms with Gasteiger partial charge < -0.3 is 5.32 Å². The van der Waals surface area contributed by atoms with Gasteiger partial charge in [0, 0.05) is 23.5 Å². The van der Waals surface area contributed by atoms with Crippen LogP contribution in [-0.2, 0) is 0 Å². The van der Waals surface area contributed by atoms with Gasteiger partial charge in [-0.2, -0.15) is 0 Å². The molecule has 2 saturated carbocycles. The Bertz CT molecular complexity index is 750. The molecule has 23 heavy (non-hydrogen) atoms. The van der Waals surface area contributed by atoms with E-state index in [0.717, 1.165) is 30.9 Å². The molecule has 0 spiro atoms. The molecule has 1 amide bonds. The normalized spacial score (nSPS) is 18.0. The number of nitrogens with one attached hydrogen (secondary N) is 1. The summed E-state index contributed by atoms with van der Waals surface area (Å²) in [5, 5.41) is 3.61. The zero-order valence-corrected chi connectivity index (χ0v) is 13.1. The molecule has 120 valence electrons. The highest BCUT2D eigenvalue weighted by molar-refractivity contribution is 6.06. The van der Waals surface area contributed by atoms with E-state index in [2.05, 4.69) is 10.3 Å². The summed E-state index contributed by atoms with van der Waals surface area (Å²) in [5.74, 6) is 0.793. The third-order valence-corrected chi connectivity index (χ3v) is 5.09. The maximum absolute atomic E-state index is 13.6. The molecule has 4 rings (SSSR count). The van der Waals surface area contributed by atoms with E-state index >= 15 is 0 Å². The highest BCUT2D eigenvalue weighted by Gasteiger charge is 2.27. The van der Waals surface area contributed by atoms with Crippen molar-refractivity contribution in [1.29, 1.82) is 0 Å². The smallest absolute Gasteiger partial charge is 0.252 e. The molecule has 4 heteroatoms. The predicted molar refractivity (Wildman–Crippen MR) is 88.0 cm³/mol. The lowest BCUT2D eigenvalue weighted by Crippen LogP contribution is -2.27. The Labute approximate surface area is 135 Å². The van der Waals surface area contributed by atoms with Gasteiger partial charge in [-0.05, 0) is 49.4 Å². The van der Waals surface area contributed by atoms with Crippen molar-refractivity contribution in [2.24, 2.45) is 5.92 Å². The van der Waals surface area contributed by atoms with E-state index < -0.39 is 0 Å². The van der Waals surface area contributed by atoms with E-state index in [9.17, 15) is 9.18 Å². The van der Waals surface area contributed by atoms with Crippen LogP contribution in [0.1, 0.15) is 60.5 Å². The molecular weight excluding hydrogens is 291 g/mol. The lowest BCUT2D eigenvalue weighted by molar-refractivity contribution is 0.0950. The second kappa shape index (κ2) is 5.91. The number of amides is 1. The van der Waals surface area contributed by atoms with E-state index in [-0.39, 0.29) is 11.7 Å². The topological polar surface area (TPSA) is 42.0 Å². The van der Waals surface area contributed by atoms with Gasteiger partial charge in [0.1, 0.15) is 5.82 Å². The number of nitrogens with zero attached hydrogens (tertiary/aromatic N) is 1. The number of fused-ring (bicyclic) bond motifs is 1. The fourth-order valence-electron chi connectivity index (χ4n) is 3.26. The van der Waals surface area contributed by atoms with Crippen molar-refractivity contribution >= 4 is 16.8 Å². The minimum Gasteiger partial charge on any atom is -0.352 e. The number of carbonyl (C=O) groups is 1. The van der Waals surface area contributed by atoms with Crippen molar-refractivity contribution in [3.63, 3.8) is 0 Å². The molecule has 2 aromatic rings. The van der Waals surface area contributed by atoms with Gasteiger partial charge in [-0.1, -0.05) is 19.3 Å². The highest BCUT2D eigenvalue weighted by Crippen LogP contribution is 2.40. The van der Waals surface area contributed by atoms with Crippen LogP contribution in [-0.4, -0.2) is 17.4 Å². The van der Waals surface area contributed by atoms with Gasteiger partial charge in [0.15, 0.2) is 0 Å². The van der Waals surface area contributed by atoms with Gasteiger partial charge >= 0.3 is 0 Å². The summed E-state index contributed by atoms with van der Waals surface area (Å²) in [6.45, 7) is 0.696. The average Bonchev–Trinajstić information content (AvgIpc) is 3.33. The zero-order valence-electron chi connectivity index (χ0n) is 13.1. The van der Waals surface area contributed by atoms with E-state index in [1.807, 2.05) is 6.07 Å². The number of aromatic nitrogens is 1. The Hall–Kier alpha value is -1.97. The first-order valence-corrected chi connectivity index (χ1v) is 8.59. The molecule has 0 atom stereocenters. The number of benzene rings is 1. The van der Waals surface area contributed by atoms with Crippen LogP contribution in [0.3, 0.4) is 0 Å². The van der Waals surface area contributed by atoms with Gasteiger partial charge in [-0.25, -0.2) is 4.39 Å². The van der Waals surface area contributed by atoms with Crippen LogP contribution >= 0.6 is 0 Å². The third-order valence-electron chi connectivity index (χ3n) is 5.09. The van der Waals surface area contributed by atoms with E-state index in [0.29, 0.717) is 28.9 Å². The second-order valence-electron chi connectivity index (χ2n) is 6.87. The first-order valence-electron chi connectivity index (χ1n) is 8.59. The van der Waals surface area contributed by atoms with E-state index in [1.54, 1.807) is 6.07 Å². The Morgan fingerprint density at radius 3 is 2.74 bits per heavy atom. The van der Waals surface area contributed by atoms with Crippen molar-refractivity contribution < 1.29 is 9.18 Å². The Kier molecular flexibility index (Phi) is 3.76. The summed E-state index contributed by atoms with van der Waals surface area (Å²) in [7, 11) is 0. The maximum Gasteiger partial charge on any atom is 0.252 e. The van der Waals surface area contributed by atoms with Crippen molar-refractivity contribution in [3.05, 3.63) is 41.3 Å². The number of hydrogen-bond donors (Lipinski definition) is 1. The first-order chi connectivity index (χ1) is 11.2. The molecule has 0 aliphatic heterocycles. The summed E-state index contributed by atoms with van der Waals surface area (Å²) >= 11 is 0. The molecule has 0 radical (unpaired) electrons. The largest absolute Gasteiger partial charge is 0.352 e. The predicted octanol–water partition coefficient (Wildman–Crippen LogP) is 4.17. The fourth-order valence-corrected chi connectivity index (χ4v) is 3.26. The zero-order chi connectivity index (χ0) is 15.8. The number of pyridine rings is 1. The monoisotopic (exact) mass is 312 g/mol. The summed E-state index contributed by atoms with van der Waals surface area (Å²) < 4.78 is 13.6. The Morgan fingerprint density at radius 2 is 2.04 bits per heavy atom. The molecule has 0 saturated heterocycles. The summed E-state index contributed by atoms with van der Waals surface area (Å²) in [6.07, 6.45) is 7.18. The van der Waals surface area contributed by atoms with Crippen LogP contribution in [0.25, 0.3) is 10.9 Å². The lowest BCUT2D eigenvalue weighted by Gasteiger charge is -2.25.